The van der Waals surface area contributed by atoms with Crippen molar-refractivity contribution in [2.45, 2.75) is 19.8 Å². The fourth-order valence-electron chi connectivity index (χ4n) is 3.23. The van der Waals surface area contributed by atoms with Crippen molar-refractivity contribution in [3.8, 4) is 0 Å². The molecule has 2 aromatic rings. The first-order valence-electron chi connectivity index (χ1n) is 9.11. The summed E-state index contributed by atoms with van der Waals surface area (Å²) in [5, 5.41) is 4.26. The van der Waals surface area contributed by atoms with E-state index in [1.165, 1.54) is 30.6 Å². The van der Waals surface area contributed by atoms with Gasteiger partial charge in [0.1, 0.15) is 5.82 Å². The van der Waals surface area contributed by atoms with Crippen LogP contribution in [0.3, 0.4) is 0 Å². The summed E-state index contributed by atoms with van der Waals surface area (Å²) in [6, 6.07) is 12.2. The van der Waals surface area contributed by atoms with E-state index < -0.39 is 0 Å². The normalized spacial score (nSPS) is 15.4. The fraction of sp³-hybridized carbons (Fsp3) is 0.450. The van der Waals surface area contributed by atoms with Crippen molar-refractivity contribution in [2.75, 3.05) is 49.5 Å². The average molecular weight is 359 g/mol. The molecule has 1 aliphatic rings. The van der Waals surface area contributed by atoms with Gasteiger partial charge in [-0.05, 0) is 56.1 Å². The second-order valence-corrected chi connectivity index (χ2v) is 7.04. The van der Waals surface area contributed by atoms with Gasteiger partial charge in [0.25, 0.3) is 0 Å². The topological polar surface area (TPSA) is 31.4 Å². The smallest absolute Gasteiger partial charge is 0.126 e. The SMILES string of the molecule is Cc1ccnc(NCCCCN2CCN(c3ccccc3Cl)CC2)c1. The van der Waals surface area contributed by atoms with Gasteiger partial charge in [-0.2, -0.15) is 0 Å². The number of pyridine rings is 1. The predicted octanol–water partition coefficient (Wildman–Crippen LogP) is 4.06. The van der Waals surface area contributed by atoms with Crippen LogP contribution in [0.2, 0.25) is 5.02 Å². The summed E-state index contributed by atoms with van der Waals surface area (Å²) < 4.78 is 0. The zero-order chi connectivity index (χ0) is 17.5. The first-order valence-corrected chi connectivity index (χ1v) is 9.48. The van der Waals surface area contributed by atoms with E-state index in [4.69, 9.17) is 11.6 Å². The van der Waals surface area contributed by atoms with E-state index in [9.17, 15) is 0 Å². The molecule has 1 aromatic heterocycles. The molecule has 3 rings (SSSR count). The van der Waals surface area contributed by atoms with Crippen LogP contribution in [0.1, 0.15) is 18.4 Å². The van der Waals surface area contributed by atoms with E-state index in [0.717, 1.165) is 43.6 Å². The lowest BCUT2D eigenvalue weighted by atomic mass is 10.2. The van der Waals surface area contributed by atoms with Crippen molar-refractivity contribution in [3.63, 3.8) is 0 Å². The number of halogens is 1. The summed E-state index contributed by atoms with van der Waals surface area (Å²) in [4.78, 5) is 9.28. The van der Waals surface area contributed by atoms with Gasteiger partial charge in [-0.3, -0.25) is 4.90 Å². The molecule has 1 saturated heterocycles. The standard InChI is InChI=1S/C20H27ClN4/c1-17-8-10-23-20(16-17)22-9-4-5-11-24-12-14-25(15-13-24)19-7-3-2-6-18(19)21/h2-3,6-8,10,16H,4-5,9,11-15H2,1H3,(H,22,23). The highest BCUT2D eigenvalue weighted by molar-refractivity contribution is 6.33. The highest BCUT2D eigenvalue weighted by Crippen LogP contribution is 2.26. The van der Waals surface area contributed by atoms with Crippen molar-refractivity contribution >= 4 is 23.1 Å². The second kappa shape index (κ2) is 9.07. The summed E-state index contributed by atoms with van der Waals surface area (Å²) in [6.07, 6.45) is 4.24. The van der Waals surface area contributed by atoms with Gasteiger partial charge in [-0.15, -0.1) is 0 Å². The van der Waals surface area contributed by atoms with Crippen molar-refractivity contribution in [1.82, 2.24) is 9.88 Å². The van der Waals surface area contributed by atoms with Crippen molar-refractivity contribution in [2.24, 2.45) is 0 Å². The number of para-hydroxylation sites is 1. The Morgan fingerprint density at radius 2 is 1.88 bits per heavy atom. The van der Waals surface area contributed by atoms with Crippen LogP contribution >= 0.6 is 11.6 Å². The van der Waals surface area contributed by atoms with E-state index in [-0.39, 0.29) is 0 Å². The van der Waals surface area contributed by atoms with Crippen LogP contribution in [0, 0.1) is 6.92 Å². The molecule has 0 amide bonds. The zero-order valence-corrected chi connectivity index (χ0v) is 15.7. The third-order valence-electron chi connectivity index (χ3n) is 4.69. The summed E-state index contributed by atoms with van der Waals surface area (Å²) in [5.41, 5.74) is 2.41. The number of piperazine rings is 1. The molecule has 4 nitrogen and oxygen atoms in total. The molecule has 1 aliphatic heterocycles. The van der Waals surface area contributed by atoms with Crippen molar-refractivity contribution < 1.29 is 0 Å². The molecular weight excluding hydrogens is 332 g/mol. The van der Waals surface area contributed by atoms with E-state index in [2.05, 4.69) is 45.2 Å². The number of unbranched alkanes of at least 4 members (excludes halogenated alkanes) is 1. The van der Waals surface area contributed by atoms with Gasteiger partial charge >= 0.3 is 0 Å². The Morgan fingerprint density at radius 1 is 1.08 bits per heavy atom. The molecule has 0 bridgehead atoms. The number of anilines is 2. The monoisotopic (exact) mass is 358 g/mol. The van der Waals surface area contributed by atoms with E-state index in [1.54, 1.807) is 0 Å². The first-order chi connectivity index (χ1) is 12.2. The summed E-state index contributed by atoms with van der Waals surface area (Å²) in [5.74, 6) is 0.980. The number of hydrogen-bond donors (Lipinski definition) is 1. The number of aryl methyl sites for hydroxylation is 1. The molecule has 5 heteroatoms. The van der Waals surface area contributed by atoms with Crippen LogP contribution in [-0.2, 0) is 0 Å². The molecular formula is C20H27ClN4. The Balaban J connectivity index is 1.32. The van der Waals surface area contributed by atoms with Crippen LogP contribution in [0.15, 0.2) is 42.6 Å². The minimum absolute atomic E-state index is 0.854. The maximum atomic E-state index is 6.31. The third kappa shape index (κ3) is 5.35. The fourth-order valence-corrected chi connectivity index (χ4v) is 3.49. The number of rotatable bonds is 7. The predicted molar refractivity (Wildman–Crippen MR) is 107 cm³/mol. The van der Waals surface area contributed by atoms with Crippen LogP contribution in [-0.4, -0.2) is 49.2 Å². The van der Waals surface area contributed by atoms with Crippen LogP contribution in [0.4, 0.5) is 11.5 Å². The molecule has 0 spiro atoms. The summed E-state index contributed by atoms with van der Waals surface area (Å²) >= 11 is 6.31. The maximum Gasteiger partial charge on any atom is 0.126 e. The van der Waals surface area contributed by atoms with Gasteiger partial charge in [-0.1, -0.05) is 23.7 Å². The van der Waals surface area contributed by atoms with E-state index in [0.29, 0.717) is 0 Å². The Hall–Kier alpha value is -1.78. The van der Waals surface area contributed by atoms with Gasteiger partial charge in [0.15, 0.2) is 0 Å². The van der Waals surface area contributed by atoms with Gasteiger partial charge in [0.2, 0.25) is 0 Å². The molecule has 1 aromatic carbocycles. The van der Waals surface area contributed by atoms with Crippen molar-refractivity contribution in [1.29, 1.82) is 0 Å². The lowest BCUT2D eigenvalue weighted by Gasteiger charge is -2.36. The Morgan fingerprint density at radius 3 is 2.64 bits per heavy atom. The van der Waals surface area contributed by atoms with E-state index >= 15 is 0 Å². The Labute approximate surface area is 155 Å². The minimum Gasteiger partial charge on any atom is -0.370 e. The molecule has 0 saturated carbocycles. The molecule has 134 valence electrons. The lowest BCUT2D eigenvalue weighted by molar-refractivity contribution is 0.254. The van der Waals surface area contributed by atoms with Crippen molar-refractivity contribution in [3.05, 3.63) is 53.2 Å². The van der Waals surface area contributed by atoms with Gasteiger partial charge in [0, 0.05) is 38.9 Å². The zero-order valence-electron chi connectivity index (χ0n) is 14.9. The Kier molecular flexibility index (Phi) is 6.54. The third-order valence-corrected chi connectivity index (χ3v) is 5.01. The quantitative estimate of drug-likeness (QED) is 0.756. The number of hydrogen-bond acceptors (Lipinski definition) is 4. The molecule has 0 atom stereocenters. The molecule has 0 unspecified atom stereocenters. The Bertz CT molecular complexity index is 668. The number of benzene rings is 1. The number of nitrogens with zero attached hydrogens (tertiary/aromatic N) is 3. The summed E-state index contributed by atoms with van der Waals surface area (Å²) in [7, 11) is 0. The molecule has 2 heterocycles. The molecule has 1 fully saturated rings. The van der Waals surface area contributed by atoms with Crippen LogP contribution < -0.4 is 10.2 Å². The maximum absolute atomic E-state index is 6.31. The number of nitrogens with one attached hydrogen (secondary N) is 1. The molecule has 0 aliphatic carbocycles. The highest BCUT2D eigenvalue weighted by Gasteiger charge is 2.18. The second-order valence-electron chi connectivity index (χ2n) is 6.63. The summed E-state index contributed by atoms with van der Waals surface area (Å²) in [6.45, 7) is 8.56. The van der Waals surface area contributed by atoms with Gasteiger partial charge in [-0.25, -0.2) is 4.98 Å². The largest absolute Gasteiger partial charge is 0.370 e. The molecule has 0 radical (unpaired) electrons. The van der Waals surface area contributed by atoms with Gasteiger partial charge in [0.05, 0.1) is 10.7 Å². The van der Waals surface area contributed by atoms with Crippen LogP contribution in [0.5, 0.6) is 0 Å². The average Bonchev–Trinajstić information content (AvgIpc) is 2.63. The number of aromatic nitrogens is 1. The molecule has 1 N–H and O–H groups in total. The molecule has 25 heavy (non-hydrogen) atoms. The highest BCUT2D eigenvalue weighted by atomic mass is 35.5. The minimum atomic E-state index is 0.854. The van der Waals surface area contributed by atoms with Gasteiger partial charge < -0.3 is 10.2 Å². The van der Waals surface area contributed by atoms with Crippen LogP contribution in [0.25, 0.3) is 0 Å². The first kappa shape index (κ1) is 18.0. The van der Waals surface area contributed by atoms with E-state index in [1.807, 2.05) is 24.4 Å². The lowest BCUT2D eigenvalue weighted by Crippen LogP contribution is -2.46.